The van der Waals surface area contributed by atoms with Crippen molar-refractivity contribution in [2.24, 2.45) is 0 Å². The van der Waals surface area contributed by atoms with Gasteiger partial charge in [0.1, 0.15) is 0 Å². The molecule has 0 bridgehead atoms. The van der Waals surface area contributed by atoms with Gasteiger partial charge < -0.3 is 5.32 Å². The summed E-state index contributed by atoms with van der Waals surface area (Å²) < 4.78 is 22.2. The molecule has 1 rings (SSSR count). The monoisotopic (exact) mass is 209 g/mol. The molecule has 0 heterocycles. The Morgan fingerprint density at radius 3 is 2.36 bits per heavy atom. The molecule has 14 heavy (non-hydrogen) atoms. The lowest BCUT2D eigenvalue weighted by molar-refractivity contribution is 0.602. The van der Waals surface area contributed by atoms with Gasteiger partial charge in [-0.1, -0.05) is 5.92 Å². The molecular weight excluding hydrogens is 198 g/mol. The van der Waals surface area contributed by atoms with Gasteiger partial charge in [-0.25, -0.2) is 8.42 Å². The van der Waals surface area contributed by atoms with E-state index in [9.17, 15) is 8.42 Å². The van der Waals surface area contributed by atoms with Crippen LogP contribution in [0.5, 0.6) is 0 Å². The van der Waals surface area contributed by atoms with Gasteiger partial charge in [0.15, 0.2) is 9.84 Å². The number of nitrogens with one attached hydrogen (secondary N) is 1. The number of benzene rings is 1. The summed E-state index contributed by atoms with van der Waals surface area (Å²) in [6.45, 7) is 0.429. The number of hydrogen-bond acceptors (Lipinski definition) is 3. The van der Waals surface area contributed by atoms with Crippen LogP contribution in [0.4, 0.5) is 5.69 Å². The van der Waals surface area contributed by atoms with E-state index in [1.807, 2.05) is 0 Å². The fraction of sp³-hybridized carbons (Fsp3) is 0.200. The second-order valence-electron chi connectivity index (χ2n) is 2.85. The molecule has 74 valence electrons. The van der Waals surface area contributed by atoms with E-state index >= 15 is 0 Å². The van der Waals surface area contributed by atoms with Gasteiger partial charge in [0.2, 0.25) is 0 Å². The Morgan fingerprint density at radius 2 is 1.93 bits per heavy atom. The minimum Gasteiger partial charge on any atom is -0.374 e. The van der Waals surface area contributed by atoms with Gasteiger partial charge in [-0.05, 0) is 24.3 Å². The lowest BCUT2D eigenvalue weighted by Gasteiger charge is -2.03. The molecule has 0 aromatic heterocycles. The van der Waals surface area contributed by atoms with Crippen molar-refractivity contribution in [3.63, 3.8) is 0 Å². The fourth-order valence-electron chi connectivity index (χ4n) is 0.973. The predicted octanol–water partition coefficient (Wildman–Crippen LogP) is 1.14. The van der Waals surface area contributed by atoms with Crippen molar-refractivity contribution >= 4 is 15.5 Å². The third-order valence-electron chi connectivity index (χ3n) is 1.68. The lowest BCUT2D eigenvalue weighted by atomic mass is 10.3. The summed E-state index contributed by atoms with van der Waals surface area (Å²) in [4.78, 5) is 0.309. The summed E-state index contributed by atoms with van der Waals surface area (Å²) in [5.74, 6) is 2.43. The molecule has 1 aromatic carbocycles. The third-order valence-corrected chi connectivity index (χ3v) is 2.81. The molecule has 4 heteroatoms. The molecule has 1 N–H and O–H groups in total. The van der Waals surface area contributed by atoms with Crippen LogP contribution in [-0.4, -0.2) is 21.2 Å². The van der Waals surface area contributed by atoms with E-state index in [0.29, 0.717) is 11.4 Å². The first kappa shape index (κ1) is 10.6. The van der Waals surface area contributed by atoms with E-state index < -0.39 is 9.84 Å². The van der Waals surface area contributed by atoms with Gasteiger partial charge in [-0.3, -0.25) is 0 Å². The van der Waals surface area contributed by atoms with Crippen LogP contribution in [0.2, 0.25) is 0 Å². The number of sulfone groups is 1. The molecule has 0 unspecified atom stereocenters. The Bertz CT molecular complexity index is 440. The molecule has 0 saturated carbocycles. The first-order chi connectivity index (χ1) is 6.54. The molecule has 0 aliphatic carbocycles. The van der Waals surface area contributed by atoms with Gasteiger partial charge >= 0.3 is 0 Å². The quantitative estimate of drug-likeness (QED) is 0.759. The minimum absolute atomic E-state index is 0.309. The van der Waals surface area contributed by atoms with Crippen LogP contribution in [0, 0.1) is 12.3 Å². The van der Waals surface area contributed by atoms with Crippen molar-refractivity contribution < 1.29 is 8.42 Å². The van der Waals surface area contributed by atoms with E-state index in [1.165, 1.54) is 6.26 Å². The predicted molar refractivity (Wildman–Crippen MR) is 56.9 cm³/mol. The Labute approximate surface area is 84.1 Å². The first-order valence-electron chi connectivity index (χ1n) is 4.01. The van der Waals surface area contributed by atoms with Gasteiger partial charge in [-0.15, -0.1) is 6.42 Å². The summed E-state index contributed by atoms with van der Waals surface area (Å²) in [7, 11) is -3.11. The maximum Gasteiger partial charge on any atom is 0.175 e. The highest BCUT2D eigenvalue weighted by atomic mass is 32.2. The van der Waals surface area contributed by atoms with E-state index in [0.717, 1.165) is 5.69 Å². The highest BCUT2D eigenvalue weighted by Crippen LogP contribution is 2.13. The van der Waals surface area contributed by atoms with Crippen molar-refractivity contribution in [2.45, 2.75) is 4.90 Å². The molecule has 0 saturated heterocycles. The van der Waals surface area contributed by atoms with Crippen molar-refractivity contribution in [3.05, 3.63) is 24.3 Å². The maximum atomic E-state index is 11.1. The molecule has 0 fully saturated rings. The molecule has 0 radical (unpaired) electrons. The van der Waals surface area contributed by atoms with Gasteiger partial charge in [0, 0.05) is 11.9 Å². The molecular formula is C10H11NO2S. The van der Waals surface area contributed by atoms with Crippen molar-refractivity contribution in [1.82, 2.24) is 0 Å². The van der Waals surface area contributed by atoms with Crippen molar-refractivity contribution in [1.29, 1.82) is 0 Å². The van der Waals surface area contributed by atoms with E-state index in [1.54, 1.807) is 24.3 Å². The van der Waals surface area contributed by atoms with Gasteiger partial charge in [-0.2, -0.15) is 0 Å². The standard InChI is InChI=1S/C10H11NO2S/c1-3-8-11-9-4-6-10(7-5-9)14(2,12)13/h1,4-7,11H,8H2,2H3. The zero-order valence-electron chi connectivity index (χ0n) is 7.82. The first-order valence-corrected chi connectivity index (χ1v) is 5.90. The average molecular weight is 209 g/mol. The summed E-state index contributed by atoms with van der Waals surface area (Å²) in [5, 5.41) is 2.94. The highest BCUT2D eigenvalue weighted by Gasteiger charge is 2.05. The maximum absolute atomic E-state index is 11.1. The fourth-order valence-corrected chi connectivity index (χ4v) is 1.60. The van der Waals surface area contributed by atoms with Gasteiger partial charge in [0.05, 0.1) is 11.4 Å². The van der Waals surface area contributed by atoms with Crippen LogP contribution in [0.25, 0.3) is 0 Å². The summed E-state index contributed by atoms with van der Waals surface area (Å²) in [6.07, 6.45) is 6.24. The summed E-state index contributed by atoms with van der Waals surface area (Å²) in [6, 6.07) is 6.48. The van der Waals surface area contributed by atoms with Crippen LogP contribution >= 0.6 is 0 Å². The van der Waals surface area contributed by atoms with Crippen LogP contribution in [0.3, 0.4) is 0 Å². The zero-order valence-corrected chi connectivity index (χ0v) is 8.64. The molecule has 0 spiro atoms. The zero-order chi connectivity index (χ0) is 10.6. The number of terminal acetylenes is 1. The van der Waals surface area contributed by atoms with Crippen LogP contribution in [-0.2, 0) is 9.84 Å². The smallest absolute Gasteiger partial charge is 0.175 e. The largest absolute Gasteiger partial charge is 0.374 e. The molecule has 0 amide bonds. The second-order valence-corrected chi connectivity index (χ2v) is 4.87. The highest BCUT2D eigenvalue weighted by molar-refractivity contribution is 7.90. The van der Waals surface area contributed by atoms with Crippen LogP contribution < -0.4 is 5.32 Å². The van der Waals surface area contributed by atoms with Crippen LogP contribution in [0.1, 0.15) is 0 Å². The molecule has 0 aliphatic rings. The normalized spacial score (nSPS) is 10.6. The van der Waals surface area contributed by atoms with E-state index in [4.69, 9.17) is 6.42 Å². The SMILES string of the molecule is C#CCNc1ccc(S(C)(=O)=O)cc1. The lowest BCUT2D eigenvalue weighted by Crippen LogP contribution is -2.00. The van der Waals surface area contributed by atoms with Crippen molar-refractivity contribution in [2.75, 3.05) is 18.1 Å². The topological polar surface area (TPSA) is 46.2 Å². The Balaban J connectivity index is 2.86. The Morgan fingerprint density at radius 1 is 1.36 bits per heavy atom. The number of anilines is 1. The minimum atomic E-state index is -3.11. The van der Waals surface area contributed by atoms with E-state index in [-0.39, 0.29) is 0 Å². The summed E-state index contributed by atoms with van der Waals surface area (Å²) >= 11 is 0. The Kier molecular flexibility index (Phi) is 3.15. The summed E-state index contributed by atoms with van der Waals surface area (Å²) in [5.41, 5.74) is 0.815. The van der Waals surface area contributed by atoms with Gasteiger partial charge in [0.25, 0.3) is 0 Å². The van der Waals surface area contributed by atoms with Crippen molar-refractivity contribution in [3.8, 4) is 12.3 Å². The molecule has 0 aliphatic heterocycles. The average Bonchev–Trinajstić information content (AvgIpc) is 2.14. The molecule has 3 nitrogen and oxygen atoms in total. The number of hydrogen-bond donors (Lipinski definition) is 1. The number of rotatable bonds is 3. The third kappa shape index (κ3) is 2.79. The second kappa shape index (κ2) is 4.16. The van der Waals surface area contributed by atoms with Crippen LogP contribution in [0.15, 0.2) is 29.2 Å². The molecule has 0 atom stereocenters. The Hall–Kier alpha value is -1.47. The van der Waals surface area contributed by atoms with E-state index in [2.05, 4.69) is 11.2 Å². The molecule has 1 aromatic rings.